The second-order valence-electron chi connectivity index (χ2n) is 5.69. The molecule has 0 fully saturated rings. The fourth-order valence-electron chi connectivity index (χ4n) is 2.08. The molecule has 1 amide bonds. The van der Waals surface area contributed by atoms with Crippen LogP contribution in [0.3, 0.4) is 0 Å². The van der Waals surface area contributed by atoms with Crippen molar-refractivity contribution in [2.45, 2.75) is 26.7 Å². The summed E-state index contributed by atoms with van der Waals surface area (Å²) in [5.41, 5.74) is 1.56. The van der Waals surface area contributed by atoms with Crippen molar-refractivity contribution in [3.8, 4) is 0 Å². The first-order chi connectivity index (χ1) is 9.93. The molecule has 0 unspecified atom stereocenters. The third-order valence-electron chi connectivity index (χ3n) is 3.20. The molecule has 0 bridgehead atoms. The minimum absolute atomic E-state index is 0.0544. The van der Waals surface area contributed by atoms with Crippen LogP contribution in [0, 0.1) is 6.92 Å². The Balaban J connectivity index is 2.69. The van der Waals surface area contributed by atoms with Crippen molar-refractivity contribution >= 4 is 11.7 Å². The Bertz CT molecular complexity index is 460. The van der Waals surface area contributed by atoms with E-state index in [0.29, 0.717) is 5.56 Å². The topological polar surface area (TPSA) is 48.5 Å². The van der Waals surface area contributed by atoms with E-state index in [1.165, 1.54) is 0 Å². The standard InChI is InChI=1S/C16H28N4O/c1-6-8-17-15-12-14(11-13(2)18-15)16(21)20(5)10-7-9-19(3)4/h11-12H,6-10H2,1-5H3,(H,17,18). The van der Waals surface area contributed by atoms with E-state index in [1.807, 2.05) is 40.2 Å². The van der Waals surface area contributed by atoms with E-state index in [1.54, 1.807) is 4.90 Å². The summed E-state index contributed by atoms with van der Waals surface area (Å²) in [4.78, 5) is 20.8. The van der Waals surface area contributed by atoms with E-state index in [2.05, 4.69) is 22.1 Å². The summed E-state index contributed by atoms with van der Waals surface area (Å²) in [5, 5.41) is 3.24. The maximum atomic E-state index is 12.5. The lowest BCUT2D eigenvalue weighted by atomic mass is 10.2. The van der Waals surface area contributed by atoms with Crippen molar-refractivity contribution in [2.24, 2.45) is 0 Å². The molecular weight excluding hydrogens is 264 g/mol. The van der Waals surface area contributed by atoms with E-state index < -0.39 is 0 Å². The molecular formula is C16H28N4O. The van der Waals surface area contributed by atoms with E-state index in [4.69, 9.17) is 0 Å². The number of aromatic nitrogens is 1. The Morgan fingerprint density at radius 1 is 1.24 bits per heavy atom. The molecule has 0 aliphatic carbocycles. The fraction of sp³-hybridized carbons (Fsp3) is 0.625. The Labute approximate surface area is 128 Å². The number of carbonyl (C=O) groups excluding carboxylic acids is 1. The maximum absolute atomic E-state index is 12.5. The Morgan fingerprint density at radius 3 is 2.57 bits per heavy atom. The number of rotatable bonds is 8. The minimum Gasteiger partial charge on any atom is -0.370 e. The fourth-order valence-corrected chi connectivity index (χ4v) is 2.08. The highest BCUT2D eigenvalue weighted by molar-refractivity contribution is 5.94. The van der Waals surface area contributed by atoms with Gasteiger partial charge in [0, 0.05) is 31.4 Å². The van der Waals surface area contributed by atoms with Gasteiger partial charge in [-0.25, -0.2) is 4.98 Å². The average Bonchev–Trinajstić information content (AvgIpc) is 2.43. The maximum Gasteiger partial charge on any atom is 0.253 e. The summed E-state index contributed by atoms with van der Waals surface area (Å²) >= 11 is 0. The Morgan fingerprint density at radius 2 is 1.95 bits per heavy atom. The summed E-state index contributed by atoms with van der Waals surface area (Å²) < 4.78 is 0. The summed E-state index contributed by atoms with van der Waals surface area (Å²) in [6.07, 6.45) is 2.00. The van der Waals surface area contributed by atoms with Crippen molar-refractivity contribution in [1.82, 2.24) is 14.8 Å². The van der Waals surface area contributed by atoms with Gasteiger partial charge < -0.3 is 15.1 Å². The SMILES string of the molecule is CCCNc1cc(C(=O)N(C)CCCN(C)C)cc(C)n1. The molecule has 0 radical (unpaired) electrons. The minimum atomic E-state index is 0.0544. The van der Waals surface area contributed by atoms with Crippen LogP contribution < -0.4 is 5.32 Å². The zero-order chi connectivity index (χ0) is 15.8. The predicted octanol–water partition coefficient (Wildman–Crippen LogP) is 2.24. The van der Waals surface area contributed by atoms with Gasteiger partial charge in [-0.1, -0.05) is 6.92 Å². The molecule has 1 N–H and O–H groups in total. The van der Waals surface area contributed by atoms with Gasteiger partial charge in [0.05, 0.1) is 0 Å². The van der Waals surface area contributed by atoms with Crippen LogP contribution in [0.4, 0.5) is 5.82 Å². The van der Waals surface area contributed by atoms with Crippen molar-refractivity contribution < 1.29 is 4.79 Å². The first kappa shape index (κ1) is 17.4. The highest BCUT2D eigenvalue weighted by atomic mass is 16.2. The van der Waals surface area contributed by atoms with Crippen molar-refractivity contribution in [3.63, 3.8) is 0 Å². The third kappa shape index (κ3) is 6.12. The summed E-state index contributed by atoms with van der Waals surface area (Å²) in [6.45, 7) is 6.63. The molecule has 0 aromatic carbocycles. The second-order valence-corrected chi connectivity index (χ2v) is 5.69. The number of amides is 1. The number of anilines is 1. The van der Waals surface area contributed by atoms with Gasteiger partial charge in [0.25, 0.3) is 5.91 Å². The number of aryl methyl sites for hydroxylation is 1. The van der Waals surface area contributed by atoms with Crippen LogP contribution in [0.2, 0.25) is 0 Å². The number of nitrogens with zero attached hydrogens (tertiary/aromatic N) is 3. The molecule has 1 aromatic heterocycles. The molecule has 21 heavy (non-hydrogen) atoms. The summed E-state index contributed by atoms with van der Waals surface area (Å²) in [5.74, 6) is 0.834. The summed E-state index contributed by atoms with van der Waals surface area (Å²) in [6, 6.07) is 3.69. The normalized spacial score (nSPS) is 10.8. The highest BCUT2D eigenvalue weighted by Crippen LogP contribution is 2.12. The molecule has 118 valence electrons. The number of hydrogen-bond donors (Lipinski definition) is 1. The van der Waals surface area contributed by atoms with E-state index in [9.17, 15) is 4.79 Å². The van der Waals surface area contributed by atoms with E-state index >= 15 is 0 Å². The summed E-state index contributed by atoms with van der Waals surface area (Å²) in [7, 11) is 5.94. The van der Waals surface area contributed by atoms with Gasteiger partial charge in [-0.05, 0) is 52.5 Å². The first-order valence-electron chi connectivity index (χ1n) is 7.56. The van der Waals surface area contributed by atoms with Gasteiger partial charge >= 0.3 is 0 Å². The monoisotopic (exact) mass is 292 g/mol. The second kappa shape index (κ2) is 8.62. The number of pyridine rings is 1. The Kier molecular flexibility index (Phi) is 7.15. The van der Waals surface area contributed by atoms with Crippen LogP contribution in [0.15, 0.2) is 12.1 Å². The molecule has 0 aliphatic rings. The van der Waals surface area contributed by atoms with Crippen molar-refractivity contribution in [2.75, 3.05) is 46.1 Å². The zero-order valence-electron chi connectivity index (χ0n) is 13.9. The predicted molar refractivity (Wildman–Crippen MR) is 87.9 cm³/mol. The quantitative estimate of drug-likeness (QED) is 0.798. The van der Waals surface area contributed by atoms with Gasteiger partial charge in [0.15, 0.2) is 0 Å². The van der Waals surface area contributed by atoms with Crippen LogP contribution in [-0.4, -0.2) is 61.5 Å². The number of nitrogens with one attached hydrogen (secondary N) is 1. The van der Waals surface area contributed by atoms with Gasteiger partial charge in [0.2, 0.25) is 0 Å². The molecule has 1 aromatic rings. The zero-order valence-corrected chi connectivity index (χ0v) is 13.9. The highest BCUT2D eigenvalue weighted by Gasteiger charge is 2.13. The molecule has 1 heterocycles. The molecule has 0 saturated heterocycles. The van der Waals surface area contributed by atoms with Crippen molar-refractivity contribution in [1.29, 1.82) is 0 Å². The molecule has 0 saturated carbocycles. The van der Waals surface area contributed by atoms with Gasteiger partial charge in [-0.15, -0.1) is 0 Å². The van der Waals surface area contributed by atoms with Crippen LogP contribution in [0.1, 0.15) is 35.8 Å². The molecule has 0 atom stereocenters. The average molecular weight is 292 g/mol. The lowest BCUT2D eigenvalue weighted by Crippen LogP contribution is -2.30. The Hall–Kier alpha value is -1.62. The van der Waals surface area contributed by atoms with E-state index in [-0.39, 0.29) is 5.91 Å². The van der Waals surface area contributed by atoms with Crippen LogP contribution in [-0.2, 0) is 0 Å². The lowest BCUT2D eigenvalue weighted by Gasteiger charge is -2.19. The van der Waals surface area contributed by atoms with Crippen LogP contribution >= 0.6 is 0 Å². The molecule has 5 nitrogen and oxygen atoms in total. The van der Waals surface area contributed by atoms with Gasteiger partial charge in [0.1, 0.15) is 5.82 Å². The van der Waals surface area contributed by atoms with Crippen LogP contribution in [0.25, 0.3) is 0 Å². The molecule has 5 heteroatoms. The van der Waals surface area contributed by atoms with Gasteiger partial charge in [-0.2, -0.15) is 0 Å². The molecule has 0 aliphatic heterocycles. The largest absolute Gasteiger partial charge is 0.370 e. The smallest absolute Gasteiger partial charge is 0.253 e. The first-order valence-corrected chi connectivity index (χ1v) is 7.56. The van der Waals surface area contributed by atoms with Crippen molar-refractivity contribution in [3.05, 3.63) is 23.4 Å². The lowest BCUT2D eigenvalue weighted by molar-refractivity contribution is 0.0790. The van der Waals surface area contributed by atoms with E-state index in [0.717, 1.165) is 44.0 Å². The number of carbonyl (C=O) groups is 1. The number of hydrogen-bond acceptors (Lipinski definition) is 4. The molecule has 1 rings (SSSR count). The van der Waals surface area contributed by atoms with Crippen LogP contribution in [0.5, 0.6) is 0 Å². The van der Waals surface area contributed by atoms with Gasteiger partial charge in [-0.3, -0.25) is 4.79 Å². The molecule has 0 spiro atoms. The third-order valence-corrected chi connectivity index (χ3v) is 3.20.